The maximum Gasteiger partial charge on any atom is 0.269 e. The zero-order chi connectivity index (χ0) is 22.1. The lowest BCUT2D eigenvalue weighted by atomic mass is 9.73. The van der Waals surface area contributed by atoms with Gasteiger partial charge in [-0.25, -0.2) is 0 Å². The molecule has 0 radical (unpaired) electrons. The molecule has 2 aromatic carbocycles. The number of non-ortho nitro benzene ring substituents is 1. The van der Waals surface area contributed by atoms with Crippen LogP contribution < -0.4 is 14.8 Å². The van der Waals surface area contributed by atoms with Gasteiger partial charge in [0.05, 0.1) is 19.1 Å². The van der Waals surface area contributed by atoms with Gasteiger partial charge in [-0.1, -0.05) is 18.2 Å². The van der Waals surface area contributed by atoms with Crippen molar-refractivity contribution >= 4 is 17.4 Å². The molecule has 0 spiro atoms. The lowest BCUT2D eigenvalue weighted by molar-refractivity contribution is -0.384. The number of benzene rings is 2. The number of carbonyl (C=O) groups is 2. The summed E-state index contributed by atoms with van der Waals surface area (Å²) in [6, 6.07) is 11.7. The van der Waals surface area contributed by atoms with E-state index in [0.29, 0.717) is 34.8 Å². The summed E-state index contributed by atoms with van der Waals surface area (Å²) in [6.07, 6.45) is 0.871. The number of ether oxygens (including phenoxy) is 2. The first kappa shape index (κ1) is 20.6. The predicted octanol–water partition coefficient (Wildman–Crippen LogP) is 3.62. The number of nitro groups is 1. The van der Waals surface area contributed by atoms with Gasteiger partial charge in [-0.2, -0.15) is 0 Å². The van der Waals surface area contributed by atoms with Crippen molar-refractivity contribution < 1.29 is 24.0 Å². The highest BCUT2D eigenvalue weighted by Gasteiger charge is 2.38. The number of hydrogen-bond acceptors (Lipinski definition) is 6. The second kappa shape index (κ2) is 8.22. The lowest BCUT2D eigenvalue weighted by Crippen LogP contribution is -2.38. The lowest BCUT2D eigenvalue weighted by Gasteiger charge is -2.34. The quantitative estimate of drug-likeness (QED) is 0.582. The monoisotopic (exact) mass is 422 g/mol. The Bertz CT molecular complexity index is 1110. The number of nitro benzene ring substituents is 1. The van der Waals surface area contributed by atoms with Crippen LogP contribution in [-0.4, -0.2) is 30.8 Å². The Labute approximate surface area is 179 Å². The van der Waals surface area contributed by atoms with Gasteiger partial charge in [-0.3, -0.25) is 19.7 Å². The maximum atomic E-state index is 13.2. The molecule has 1 aliphatic heterocycles. The largest absolute Gasteiger partial charge is 0.493 e. The zero-order valence-electron chi connectivity index (χ0n) is 17.2. The van der Waals surface area contributed by atoms with Gasteiger partial charge in [0.2, 0.25) is 5.91 Å². The second-order valence-corrected chi connectivity index (χ2v) is 7.69. The van der Waals surface area contributed by atoms with Crippen LogP contribution in [0, 0.1) is 10.1 Å². The molecule has 2 aliphatic rings. The Hall–Kier alpha value is -3.68. The average molecular weight is 422 g/mol. The predicted molar refractivity (Wildman–Crippen MR) is 112 cm³/mol. The highest BCUT2D eigenvalue weighted by Crippen LogP contribution is 2.44. The summed E-state index contributed by atoms with van der Waals surface area (Å²) in [5.74, 6) is 0.325. The number of Topliss-reactive ketones (excluding diaryl/α,β-unsaturated/α-hetero) is 1. The zero-order valence-corrected chi connectivity index (χ0v) is 17.2. The average Bonchev–Trinajstić information content (AvgIpc) is 2.77. The van der Waals surface area contributed by atoms with Crippen LogP contribution in [-0.2, 0) is 9.59 Å². The first-order valence-corrected chi connectivity index (χ1v) is 9.93. The molecule has 8 nitrogen and oxygen atoms in total. The third-order valence-electron chi connectivity index (χ3n) is 5.90. The van der Waals surface area contributed by atoms with Gasteiger partial charge in [-0.05, 0) is 35.6 Å². The van der Waals surface area contributed by atoms with Crippen LogP contribution in [0.3, 0.4) is 0 Å². The van der Waals surface area contributed by atoms with Crippen LogP contribution in [0.4, 0.5) is 5.69 Å². The number of carbonyl (C=O) groups excluding carboxylic acids is 2. The van der Waals surface area contributed by atoms with E-state index in [1.54, 1.807) is 32.4 Å². The van der Waals surface area contributed by atoms with Crippen molar-refractivity contribution in [2.24, 2.45) is 0 Å². The van der Waals surface area contributed by atoms with E-state index < -0.39 is 10.8 Å². The number of allylic oxidation sites excluding steroid dienone is 2. The van der Waals surface area contributed by atoms with E-state index in [9.17, 15) is 19.7 Å². The summed E-state index contributed by atoms with van der Waals surface area (Å²) >= 11 is 0. The number of rotatable bonds is 5. The topological polar surface area (TPSA) is 108 Å². The normalized spacial score (nSPS) is 20.7. The maximum absolute atomic E-state index is 13.2. The fourth-order valence-electron chi connectivity index (χ4n) is 4.44. The summed E-state index contributed by atoms with van der Waals surface area (Å²) in [5, 5.41) is 14.0. The van der Waals surface area contributed by atoms with Gasteiger partial charge < -0.3 is 14.8 Å². The molecule has 8 heteroatoms. The Morgan fingerprint density at radius 3 is 2.45 bits per heavy atom. The molecular weight excluding hydrogens is 400 g/mol. The fourth-order valence-corrected chi connectivity index (χ4v) is 4.44. The van der Waals surface area contributed by atoms with Crippen LogP contribution in [0.2, 0.25) is 0 Å². The van der Waals surface area contributed by atoms with Crippen molar-refractivity contribution in [1.29, 1.82) is 0 Å². The Balaban J connectivity index is 1.70. The molecule has 1 aliphatic carbocycles. The Kier molecular flexibility index (Phi) is 5.46. The van der Waals surface area contributed by atoms with Gasteiger partial charge in [0, 0.05) is 42.2 Å². The number of nitrogens with one attached hydrogen (secondary N) is 1. The smallest absolute Gasteiger partial charge is 0.269 e. The minimum absolute atomic E-state index is 0.0578. The van der Waals surface area contributed by atoms with Gasteiger partial charge in [-0.15, -0.1) is 0 Å². The first-order chi connectivity index (χ1) is 14.9. The number of nitrogens with zero attached hydrogens (tertiary/aromatic N) is 1. The standard InChI is InChI=1S/C23H22N2O6/c1-30-20-7-6-13(11-21(20)31-2)15-9-18-23(19(26)10-15)17(12-22(27)24-18)14-4-3-5-16(8-14)25(28)29/h3-8,11,15,17H,9-10,12H2,1-2H3,(H,24,27)/t15-,17+/m0/s1. The van der Waals surface area contributed by atoms with Crippen molar-refractivity contribution in [2.45, 2.75) is 31.1 Å². The highest BCUT2D eigenvalue weighted by atomic mass is 16.6. The van der Waals surface area contributed by atoms with Gasteiger partial charge in [0.25, 0.3) is 5.69 Å². The molecular formula is C23H22N2O6. The van der Waals surface area contributed by atoms with Gasteiger partial charge in [0.1, 0.15) is 0 Å². The van der Waals surface area contributed by atoms with Crippen molar-refractivity contribution in [3.05, 3.63) is 75.0 Å². The molecule has 0 saturated heterocycles. The summed E-state index contributed by atoms with van der Waals surface area (Å²) in [4.78, 5) is 36.3. The molecule has 1 heterocycles. The number of hydrogen-bond donors (Lipinski definition) is 1. The Morgan fingerprint density at radius 2 is 1.74 bits per heavy atom. The number of ketones is 1. The van der Waals surface area contributed by atoms with E-state index in [4.69, 9.17) is 9.47 Å². The van der Waals surface area contributed by atoms with Gasteiger partial charge >= 0.3 is 0 Å². The third-order valence-corrected chi connectivity index (χ3v) is 5.90. The van der Waals surface area contributed by atoms with Crippen molar-refractivity contribution in [3.63, 3.8) is 0 Å². The van der Waals surface area contributed by atoms with Crippen LogP contribution in [0.15, 0.2) is 53.7 Å². The van der Waals surface area contributed by atoms with Crippen molar-refractivity contribution in [1.82, 2.24) is 5.32 Å². The minimum Gasteiger partial charge on any atom is -0.493 e. The second-order valence-electron chi connectivity index (χ2n) is 7.69. The van der Waals surface area contributed by atoms with E-state index in [-0.39, 0.29) is 36.1 Å². The van der Waals surface area contributed by atoms with Crippen LogP contribution in [0.1, 0.15) is 42.2 Å². The summed E-state index contributed by atoms with van der Waals surface area (Å²) in [6.45, 7) is 0. The summed E-state index contributed by atoms with van der Waals surface area (Å²) in [7, 11) is 3.11. The molecule has 1 N–H and O–H groups in total. The number of methoxy groups -OCH3 is 2. The molecule has 2 aromatic rings. The van der Waals surface area contributed by atoms with Crippen LogP contribution >= 0.6 is 0 Å². The van der Waals surface area contributed by atoms with E-state index in [2.05, 4.69) is 5.32 Å². The summed E-state index contributed by atoms with van der Waals surface area (Å²) < 4.78 is 10.7. The van der Waals surface area contributed by atoms with E-state index in [0.717, 1.165) is 5.56 Å². The van der Waals surface area contributed by atoms with Crippen molar-refractivity contribution in [3.8, 4) is 11.5 Å². The molecule has 4 rings (SSSR count). The van der Waals surface area contributed by atoms with Gasteiger partial charge in [0.15, 0.2) is 17.3 Å². The van der Waals surface area contributed by atoms with Crippen LogP contribution in [0.5, 0.6) is 11.5 Å². The van der Waals surface area contributed by atoms with E-state index in [1.165, 1.54) is 12.1 Å². The third kappa shape index (κ3) is 3.88. The molecule has 0 aromatic heterocycles. The molecule has 31 heavy (non-hydrogen) atoms. The molecule has 0 saturated carbocycles. The molecule has 1 amide bonds. The van der Waals surface area contributed by atoms with E-state index >= 15 is 0 Å². The molecule has 0 unspecified atom stereocenters. The van der Waals surface area contributed by atoms with E-state index in [1.807, 2.05) is 12.1 Å². The molecule has 0 bridgehead atoms. The fraction of sp³-hybridized carbons (Fsp3) is 0.304. The molecule has 0 fully saturated rings. The first-order valence-electron chi connectivity index (χ1n) is 9.93. The summed E-state index contributed by atoms with van der Waals surface area (Å²) in [5.41, 5.74) is 2.62. The SMILES string of the molecule is COc1ccc([C@@H]2CC(=O)C3=C(C2)NC(=O)C[C@@H]3c2cccc([N+](=O)[O-])c2)cc1OC. The van der Waals surface area contributed by atoms with Crippen LogP contribution in [0.25, 0.3) is 0 Å². The van der Waals surface area contributed by atoms with Crippen molar-refractivity contribution in [2.75, 3.05) is 14.2 Å². The molecule has 160 valence electrons. The Morgan fingerprint density at radius 1 is 0.968 bits per heavy atom. The highest BCUT2D eigenvalue weighted by molar-refractivity contribution is 6.02. The number of amides is 1. The minimum atomic E-state index is -0.484. The molecule has 2 atom stereocenters.